The third kappa shape index (κ3) is 1.81. The number of carbonyl (C=O) groups excluding carboxylic acids is 1. The monoisotopic (exact) mass is 196 g/mol. The molecular formula is C11H16O3. The lowest BCUT2D eigenvalue weighted by Gasteiger charge is -2.26. The second kappa shape index (κ2) is 4.31. The number of hydrogen-bond acceptors (Lipinski definition) is 3. The molecule has 0 aromatic heterocycles. The van der Waals surface area contributed by atoms with Gasteiger partial charge in [0.2, 0.25) is 0 Å². The van der Waals surface area contributed by atoms with Gasteiger partial charge in [-0.2, -0.15) is 0 Å². The van der Waals surface area contributed by atoms with E-state index in [1.165, 1.54) is 7.11 Å². The Kier molecular flexibility index (Phi) is 3.33. The van der Waals surface area contributed by atoms with E-state index >= 15 is 0 Å². The van der Waals surface area contributed by atoms with Crippen LogP contribution in [0.5, 0.6) is 0 Å². The van der Waals surface area contributed by atoms with Crippen molar-refractivity contribution in [3.63, 3.8) is 0 Å². The molecule has 0 aliphatic heterocycles. The highest BCUT2D eigenvalue weighted by molar-refractivity contribution is 5.77. The second-order valence-electron chi connectivity index (χ2n) is 3.47. The zero-order valence-electron chi connectivity index (χ0n) is 9.03. The summed E-state index contributed by atoms with van der Waals surface area (Å²) in [6.45, 7) is 3.90. The highest BCUT2D eigenvalue weighted by atomic mass is 16.5. The average Bonchev–Trinajstić information content (AvgIpc) is 2.18. The minimum atomic E-state index is -0.208. The van der Waals surface area contributed by atoms with Gasteiger partial charge in [0, 0.05) is 5.92 Å². The van der Waals surface area contributed by atoms with Gasteiger partial charge in [-0.15, -0.1) is 0 Å². The smallest absolute Gasteiger partial charge is 0.313 e. The van der Waals surface area contributed by atoms with Crippen LogP contribution in [0.2, 0.25) is 0 Å². The summed E-state index contributed by atoms with van der Waals surface area (Å²) in [7, 11) is 3.03. The molecule has 0 heterocycles. The summed E-state index contributed by atoms with van der Waals surface area (Å²) in [5, 5.41) is 0. The first-order valence-corrected chi connectivity index (χ1v) is 4.62. The zero-order chi connectivity index (χ0) is 10.7. The summed E-state index contributed by atoms with van der Waals surface area (Å²) >= 11 is 0. The molecule has 1 aliphatic rings. The van der Waals surface area contributed by atoms with Crippen LogP contribution in [0.25, 0.3) is 0 Å². The molecule has 0 N–H and O–H groups in total. The molecule has 3 heteroatoms. The molecule has 0 spiro atoms. The van der Waals surface area contributed by atoms with Gasteiger partial charge < -0.3 is 9.47 Å². The van der Waals surface area contributed by atoms with Gasteiger partial charge in [0.1, 0.15) is 0 Å². The molecule has 0 amide bonds. The van der Waals surface area contributed by atoms with Crippen molar-refractivity contribution < 1.29 is 14.3 Å². The first kappa shape index (κ1) is 10.8. The molecule has 0 saturated heterocycles. The van der Waals surface area contributed by atoms with Crippen molar-refractivity contribution in [2.75, 3.05) is 14.2 Å². The Morgan fingerprint density at radius 1 is 1.36 bits per heavy atom. The highest BCUT2D eigenvalue weighted by Crippen LogP contribution is 2.31. The van der Waals surface area contributed by atoms with Crippen molar-refractivity contribution in [2.24, 2.45) is 11.8 Å². The van der Waals surface area contributed by atoms with Crippen LogP contribution in [-0.2, 0) is 14.3 Å². The standard InChI is InChI=1S/C11H16O3/c1-7-5-6-9(13-3)8(2)10(7)11(12)14-4/h5-6,8,10H,1-4H3. The quantitative estimate of drug-likeness (QED) is 0.633. The number of methoxy groups -OCH3 is 2. The number of rotatable bonds is 2. The van der Waals surface area contributed by atoms with E-state index in [4.69, 9.17) is 9.47 Å². The molecule has 78 valence electrons. The molecule has 2 atom stereocenters. The fourth-order valence-corrected chi connectivity index (χ4v) is 1.80. The molecule has 0 bridgehead atoms. The molecule has 0 radical (unpaired) electrons. The van der Waals surface area contributed by atoms with Gasteiger partial charge in [0.15, 0.2) is 0 Å². The predicted octanol–water partition coefficient (Wildman–Crippen LogP) is 1.90. The van der Waals surface area contributed by atoms with Crippen molar-refractivity contribution in [2.45, 2.75) is 13.8 Å². The lowest BCUT2D eigenvalue weighted by molar-refractivity contribution is -0.145. The highest BCUT2D eigenvalue weighted by Gasteiger charge is 2.32. The maximum absolute atomic E-state index is 11.5. The van der Waals surface area contributed by atoms with Crippen LogP contribution in [0.1, 0.15) is 13.8 Å². The predicted molar refractivity (Wildman–Crippen MR) is 53.5 cm³/mol. The van der Waals surface area contributed by atoms with Crippen LogP contribution in [0.4, 0.5) is 0 Å². The van der Waals surface area contributed by atoms with Crippen molar-refractivity contribution in [3.8, 4) is 0 Å². The summed E-state index contributed by atoms with van der Waals surface area (Å²) in [6.07, 6.45) is 3.81. The van der Waals surface area contributed by atoms with Crippen molar-refractivity contribution in [3.05, 3.63) is 23.5 Å². The number of ether oxygens (including phenoxy) is 2. The van der Waals surface area contributed by atoms with E-state index in [0.717, 1.165) is 11.3 Å². The van der Waals surface area contributed by atoms with Crippen molar-refractivity contribution in [1.82, 2.24) is 0 Å². The molecular weight excluding hydrogens is 180 g/mol. The van der Waals surface area contributed by atoms with E-state index in [-0.39, 0.29) is 17.8 Å². The fraction of sp³-hybridized carbons (Fsp3) is 0.545. The second-order valence-corrected chi connectivity index (χ2v) is 3.47. The van der Waals surface area contributed by atoms with E-state index < -0.39 is 0 Å². The molecule has 0 aromatic rings. The third-order valence-electron chi connectivity index (χ3n) is 2.64. The van der Waals surface area contributed by atoms with E-state index in [2.05, 4.69) is 0 Å². The Morgan fingerprint density at radius 3 is 2.50 bits per heavy atom. The molecule has 0 aromatic carbocycles. The van der Waals surface area contributed by atoms with E-state index in [0.29, 0.717) is 0 Å². The van der Waals surface area contributed by atoms with E-state index in [9.17, 15) is 4.79 Å². The minimum absolute atomic E-state index is 0.0532. The molecule has 1 aliphatic carbocycles. The summed E-state index contributed by atoms with van der Waals surface area (Å²) in [5.74, 6) is 0.470. The van der Waals surface area contributed by atoms with Gasteiger partial charge >= 0.3 is 5.97 Å². The summed E-state index contributed by atoms with van der Waals surface area (Å²) < 4.78 is 9.95. The summed E-state index contributed by atoms with van der Waals surface area (Å²) in [4.78, 5) is 11.5. The van der Waals surface area contributed by atoms with Gasteiger partial charge in [-0.1, -0.05) is 18.6 Å². The molecule has 2 unspecified atom stereocenters. The fourth-order valence-electron chi connectivity index (χ4n) is 1.80. The Balaban J connectivity index is 2.93. The van der Waals surface area contributed by atoms with Crippen LogP contribution in [-0.4, -0.2) is 20.2 Å². The first-order chi connectivity index (χ1) is 6.61. The Labute approximate surface area is 84.4 Å². The van der Waals surface area contributed by atoms with Gasteiger partial charge in [-0.25, -0.2) is 0 Å². The number of carbonyl (C=O) groups is 1. The minimum Gasteiger partial charge on any atom is -0.501 e. The third-order valence-corrected chi connectivity index (χ3v) is 2.64. The molecule has 0 saturated carbocycles. The number of esters is 1. The van der Waals surface area contributed by atoms with E-state index in [1.807, 2.05) is 26.0 Å². The van der Waals surface area contributed by atoms with Gasteiger partial charge in [-0.3, -0.25) is 4.79 Å². The first-order valence-electron chi connectivity index (χ1n) is 4.62. The molecule has 14 heavy (non-hydrogen) atoms. The molecule has 1 rings (SSSR count). The van der Waals surface area contributed by atoms with Gasteiger partial charge in [0.05, 0.1) is 25.9 Å². The van der Waals surface area contributed by atoms with Crippen LogP contribution in [0.15, 0.2) is 23.5 Å². The normalized spacial score (nSPS) is 26.3. The summed E-state index contributed by atoms with van der Waals surface area (Å²) in [5.41, 5.74) is 1.02. The Hall–Kier alpha value is -1.25. The summed E-state index contributed by atoms with van der Waals surface area (Å²) in [6, 6.07) is 0. The van der Waals surface area contributed by atoms with Crippen LogP contribution >= 0.6 is 0 Å². The number of hydrogen-bond donors (Lipinski definition) is 0. The Morgan fingerprint density at radius 2 is 2.00 bits per heavy atom. The maximum atomic E-state index is 11.5. The van der Waals surface area contributed by atoms with Crippen molar-refractivity contribution >= 4 is 5.97 Å². The topological polar surface area (TPSA) is 35.5 Å². The Bertz CT molecular complexity index is 289. The van der Waals surface area contributed by atoms with Crippen LogP contribution < -0.4 is 0 Å². The number of allylic oxidation sites excluding steroid dienone is 3. The molecule has 3 nitrogen and oxygen atoms in total. The SMILES string of the molecule is COC(=O)C1C(C)=CC=C(OC)C1C. The maximum Gasteiger partial charge on any atom is 0.313 e. The lowest BCUT2D eigenvalue weighted by Crippen LogP contribution is -2.28. The van der Waals surface area contributed by atoms with E-state index in [1.54, 1.807) is 7.11 Å². The largest absolute Gasteiger partial charge is 0.501 e. The zero-order valence-corrected chi connectivity index (χ0v) is 9.03. The molecule has 0 fully saturated rings. The lowest BCUT2D eigenvalue weighted by atomic mass is 9.83. The van der Waals surface area contributed by atoms with Crippen LogP contribution in [0.3, 0.4) is 0 Å². The van der Waals surface area contributed by atoms with Crippen LogP contribution in [0, 0.1) is 11.8 Å². The average molecular weight is 196 g/mol. The van der Waals surface area contributed by atoms with Gasteiger partial charge in [-0.05, 0) is 13.0 Å². The van der Waals surface area contributed by atoms with Crippen molar-refractivity contribution in [1.29, 1.82) is 0 Å². The van der Waals surface area contributed by atoms with Gasteiger partial charge in [0.25, 0.3) is 0 Å².